The van der Waals surface area contributed by atoms with Gasteiger partial charge in [-0.25, -0.2) is 4.39 Å². The van der Waals surface area contributed by atoms with Crippen molar-refractivity contribution < 1.29 is 23.8 Å². The number of carboxylic acid groups (broad SMARTS) is 1. The average Bonchev–Trinajstić information content (AvgIpc) is 2.61. The number of hydrogen-bond donors (Lipinski definition) is 2. The fraction of sp³-hybridized carbons (Fsp3) is 0.300. The molecule has 0 fully saturated rings. The second-order valence-corrected chi connectivity index (χ2v) is 6.39. The zero-order valence-electron chi connectivity index (χ0n) is 14.7. The fourth-order valence-electron chi connectivity index (χ4n) is 2.33. The quantitative estimate of drug-likeness (QED) is 0.757. The fourth-order valence-corrected chi connectivity index (χ4v) is 2.33. The number of aliphatic carboxylic acids is 1. The summed E-state index contributed by atoms with van der Waals surface area (Å²) in [6, 6.07) is 11.9. The van der Waals surface area contributed by atoms with E-state index in [-0.39, 0.29) is 6.54 Å². The molecule has 0 aliphatic heterocycles. The maximum atomic E-state index is 13.0. The Morgan fingerprint density at radius 3 is 2.46 bits per heavy atom. The standard InChI is InChI=1S/C20H22FNO4/c1-13(2)12-26-17-5-3-4-15(10-17)19(23)22-11-18(20(24)25)14-6-8-16(21)9-7-14/h3-10,13,18H,11-12H2,1-2H3,(H,22,23)(H,24,25). The molecular weight excluding hydrogens is 337 g/mol. The van der Waals surface area contributed by atoms with Crippen LogP contribution >= 0.6 is 0 Å². The minimum absolute atomic E-state index is 0.100. The summed E-state index contributed by atoms with van der Waals surface area (Å²) >= 11 is 0. The SMILES string of the molecule is CC(C)COc1cccc(C(=O)NCC(C(=O)O)c2ccc(F)cc2)c1. The van der Waals surface area contributed by atoms with Gasteiger partial charge < -0.3 is 15.2 Å². The third-order valence-corrected chi connectivity index (χ3v) is 3.72. The highest BCUT2D eigenvalue weighted by Crippen LogP contribution is 2.17. The first-order valence-corrected chi connectivity index (χ1v) is 8.36. The van der Waals surface area contributed by atoms with Gasteiger partial charge in [-0.15, -0.1) is 0 Å². The van der Waals surface area contributed by atoms with E-state index in [4.69, 9.17) is 4.74 Å². The molecule has 0 aliphatic rings. The zero-order chi connectivity index (χ0) is 19.1. The van der Waals surface area contributed by atoms with Crippen LogP contribution in [0.2, 0.25) is 0 Å². The Hall–Kier alpha value is -2.89. The topological polar surface area (TPSA) is 75.6 Å². The van der Waals surface area contributed by atoms with Gasteiger partial charge in [0.25, 0.3) is 5.91 Å². The Kier molecular flexibility index (Phi) is 6.72. The molecule has 0 aliphatic carbocycles. The highest BCUT2D eigenvalue weighted by Gasteiger charge is 2.21. The highest BCUT2D eigenvalue weighted by molar-refractivity contribution is 5.95. The number of rotatable bonds is 8. The predicted molar refractivity (Wildman–Crippen MR) is 95.9 cm³/mol. The molecule has 2 aromatic rings. The summed E-state index contributed by atoms with van der Waals surface area (Å²) in [6.45, 7) is 4.49. The van der Waals surface area contributed by atoms with Crippen LogP contribution in [-0.2, 0) is 4.79 Å². The molecule has 26 heavy (non-hydrogen) atoms. The number of benzene rings is 2. The molecule has 2 aromatic carbocycles. The van der Waals surface area contributed by atoms with E-state index in [0.29, 0.717) is 29.4 Å². The van der Waals surface area contributed by atoms with Crippen molar-refractivity contribution in [2.75, 3.05) is 13.2 Å². The van der Waals surface area contributed by atoms with Crippen LogP contribution < -0.4 is 10.1 Å². The van der Waals surface area contributed by atoms with Crippen LogP contribution in [0.3, 0.4) is 0 Å². The third-order valence-electron chi connectivity index (χ3n) is 3.72. The first-order valence-electron chi connectivity index (χ1n) is 8.36. The molecule has 0 bridgehead atoms. The van der Waals surface area contributed by atoms with Crippen LogP contribution in [0.4, 0.5) is 4.39 Å². The summed E-state index contributed by atoms with van der Waals surface area (Å²) in [7, 11) is 0. The Balaban J connectivity index is 2.03. The van der Waals surface area contributed by atoms with Crippen LogP contribution in [0.1, 0.15) is 35.7 Å². The normalized spacial score (nSPS) is 11.8. The second-order valence-electron chi connectivity index (χ2n) is 6.39. The summed E-state index contributed by atoms with van der Waals surface area (Å²) < 4.78 is 18.6. The van der Waals surface area contributed by atoms with Gasteiger partial charge in [-0.1, -0.05) is 32.0 Å². The summed E-state index contributed by atoms with van der Waals surface area (Å²) in [4.78, 5) is 23.8. The van der Waals surface area contributed by atoms with Crippen LogP contribution in [-0.4, -0.2) is 30.1 Å². The van der Waals surface area contributed by atoms with Crippen LogP contribution in [0, 0.1) is 11.7 Å². The number of carbonyl (C=O) groups is 2. The molecule has 1 atom stereocenters. The molecule has 0 spiro atoms. The number of carbonyl (C=O) groups excluding carboxylic acids is 1. The van der Waals surface area contributed by atoms with Crippen molar-refractivity contribution in [2.45, 2.75) is 19.8 Å². The van der Waals surface area contributed by atoms with Gasteiger partial charge in [0.05, 0.1) is 12.5 Å². The number of carboxylic acids is 1. The minimum Gasteiger partial charge on any atom is -0.493 e. The average molecular weight is 359 g/mol. The molecule has 5 nitrogen and oxygen atoms in total. The van der Waals surface area contributed by atoms with E-state index in [1.165, 1.54) is 24.3 Å². The van der Waals surface area contributed by atoms with Gasteiger partial charge in [0.15, 0.2) is 0 Å². The van der Waals surface area contributed by atoms with Gasteiger partial charge in [0.2, 0.25) is 0 Å². The predicted octanol–water partition coefficient (Wildman–Crippen LogP) is 3.46. The first kappa shape index (κ1) is 19.4. The minimum atomic E-state index is -1.09. The number of halogens is 1. The molecule has 0 radical (unpaired) electrons. The van der Waals surface area contributed by atoms with Gasteiger partial charge in [0, 0.05) is 12.1 Å². The van der Waals surface area contributed by atoms with Crippen LogP contribution in [0.5, 0.6) is 5.75 Å². The van der Waals surface area contributed by atoms with Crippen LogP contribution in [0.15, 0.2) is 48.5 Å². The zero-order valence-corrected chi connectivity index (χ0v) is 14.7. The number of amides is 1. The number of hydrogen-bond acceptors (Lipinski definition) is 3. The van der Waals surface area contributed by atoms with Crippen molar-refractivity contribution in [1.29, 1.82) is 0 Å². The number of ether oxygens (including phenoxy) is 1. The van der Waals surface area contributed by atoms with E-state index >= 15 is 0 Å². The van der Waals surface area contributed by atoms with Crippen molar-refractivity contribution in [2.24, 2.45) is 5.92 Å². The van der Waals surface area contributed by atoms with E-state index < -0.39 is 23.6 Å². The van der Waals surface area contributed by atoms with Gasteiger partial charge >= 0.3 is 5.97 Å². The summed E-state index contributed by atoms with van der Waals surface area (Å²) in [5.74, 6) is -1.95. The van der Waals surface area contributed by atoms with Crippen LogP contribution in [0.25, 0.3) is 0 Å². The van der Waals surface area contributed by atoms with Crippen molar-refractivity contribution in [3.63, 3.8) is 0 Å². The molecule has 0 heterocycles. The van der Waals surface area contributed by atoms with E-state index in [9.17, 15) is 19.1 Å². The first-order chi connectivity index (χ1) is 12.4. The largest absolute Gasteiger partial charge is 0.493 e. The molecule has 0 saturated heterocycles. The summed E-state index contributed by atoms with van der Waals surface area (Å²) in [5.41, 5.74) is 0.808. The molecule has 0 aromatic heterocycles. The lowest BCUT2D eigenvalue weighted by atomic mass is 9.99. The monoisotopic (exact) mass is 359 g/mol. The smallest absolute Gasteiger partial charge is 0.312 e. The molecule has 2 N–H and O–H groups in total. The number of nitrogens with one attached hydrogen (secondary N) is 1. The van der Waals surface area contributed by atoms with E-state index in [1.54, 1.807) is 24.3 Å². The van der Waals surface area contributed by atoms with Crippen molar-refractivity contribution in [1.82, 2.24) is 5.32 Å². The van der Waals surface area contributed by atoms with Crippen molar-refractivity contribution in [3.8, 4) is 5.75 Å². The summed E-state index contributed by atoms with van der Waals surface area (Å²) in [6.07, 6.45) is 0. The molecular formula is C20H22FNO4. The van der Waals surface area contributed by atoms with Gasteiger partial charge in [0.1, 0.15) is 11.6 Å². The summed E-state index contributed by atoms with van der Waals surface area (Å²) in [5, 5.41) is 12.0. The van der Waals surface area contributed by atoms with E-state index in [2.05, 4.69) is 5.32 Å². The molecule has 138 valence electrons. The van der Waals surface area contributed by atoms with E-state index in [0.717, 1.165) is 0 Å². The van der Waals surface area contributed by atoms with E-state index in [1.807, 2.05) is 13.8 Å². The van der Waals surface area contributed by atoms with Gasteiger partial charge in [-0.05, 0) is 41.8 Å². The Bertz CT molecular complexity index is 759. The maximum Gasteiger partial charge on any atom is 0.312 e. The second kappa shape index (κ2) is 8.99. The van der Waals surface area contributed by atoms with Crippen molar-refractivity contribution in [3.05, 3.63) is 65.5 Å². The van der Waals surface area contributed by atoms with Gasteiger partial charge in [-0.3, -0.25) is 9.59 Å². The Morgan fingerprint density at radius 2 is 1.85 bits per heavy atom. The molecule has 6 heteroatoms. The lowest BCUT2D eigenvalue weighted by molar-refractivity contribution is -0.138. The third kappa shape index (κ3) is 5.58. The lowest BCUT2D eigenvalue weighted by Gasteiger charge is -2.14. The molecule has 0 saturated carbocycles. The maximum absolute atomic E-state index is 13.0. The lowest BCUT2D eigenvalue weighted by Crippen LogP contribution is -2.31. The Morgan fingerprint density at radius 1 is 1.15 bits per heavy atom. The highest BCUT2D eigenvalue weighted by atomic mass is 19.1. The molecule has 2 rings (SSSR count). The Labute approximate surface area is 151 Å². The molecule has 1 unspecified atom stereocenters. The molecule has 1 amide bonds. The van der Waals surface area contributed by atoms with Gasteiger partial charge in [-0.2, -0.15) is 0 Å². The van der Waals surface area contributed by atoms with Crippen molar-refractivity contribution >= 4 is 11.9 Å².